The van der Waals surface area contributed by atoms with Gasteiger partial charge in [-0.25, -0.2) is 0 Å². The zero-order valence-electron chi connectivity index (χ0n) is 26.2. The Kier molecular flexibility index (Phi) is 13.8. The van der Waals surface area contributed by atoms with E-state index in [1.807, 2.05) is 97.1 Å². The second-order valence-electron chi connectivity index (χ2n) is 10.9. The fourth-order valence-electron chi connectivity index (χ4n) is 4.74. The predicted octanol–water partition coefficient (Wildman–Crippen LogP) is 9.87. The molecule has 0 aromatic heterocycles. The van der Waals surface area contributed by atoms with Crippen molar-refractivity contribution in [3.05, 3.63) is 97.1 Å². The number of carbonyl (C=O) groups excluding carboxylic acids is 4. The third kappa shape index (κ3) is 11.1. The first kappa shape index (κ1) is 35.5. The molecule has 0 saturated heterocycles. The lowest BCUT2D eigenvalue weighted by atomic mass is 10.1. The molecular formula is C36H36N4O4S4. The van der Waals surface area contributed by atoms with Crippen LogP contribution in [0, 0.1) is 0 Å². The number of hydrogen-bond donors (Lipinski definition) is 4. The van der Waals surface area contributed by atoms with Crippen LogP contribution in [0.4, 0.5) is 22.7 Å². The number of nitrogens with one attached hydrogen (secondary N) is 4. The molecule has 0 aliphatic carbocycles. The predicted molar refractivity (Wildman–Crippen MR) is 201 cm³/mol. The van der Waals surface area contributed by atoms with E-state index in [1.165, 1.54) is 43.2 Å². The molecule has 0 spiro atoms. The van der Waals surface area contributed by atoms with Crippen molar-refractivity contribution in [3.63, 3.8) is 0 Å². The van der Waals surface area contributed by atoms with E-state index in [0.29, 0.717) is 74.1 Å². The van der Waals surface area contributed by atoms with Crippen molar-refractivity contribution in [2.24, 2.45) is 0 Å². The Balaban J connectivity index is 1.28. The highest BCUT2D eigenvalue weighted by atomic mass is 33.1. The maximum absolute atomic E-state index is 12.8. The SMILES string of the molecule is O=C1CCCCC(=O)Nc2ccccc2SSc2ccccc2NC(=O)CCCCC(=O)Nc2ccccc2SSc2ccccc2N1. The van der Waals surface area contributed by atoms with Crippen LogP contribution < -0.4 is 21.3 Å². The summed E-state index contributed by atoms with van der Waals surface area (Å²) >= 11 is 0. The fourth-order valence-corrected chi connectivity index (χ4v) is 9.30. The number of carbonyl (C=O) groups is 4. The minimum Gasteiger partial charge on any atom is -0.325 e. The normalized spacial score (nSPS) is 16.2. The molecule has 4 aromatic rings. The lowest BCUT2D eigenvalue weighted by Gasteiger charge is -2.14. The van der Waals surface area contributed by atoms with Crippen LogP contribution in [-0.2, 0) is 19.2 Å². The van der Waals surface area contributed by atoms with Crippen molar-refractivity contribution < 1.29 is 19.2 Å². The molecule has 1 heterocycles. The maximum atomic E-state index is 12.8. The molecule has 4 amide bonds. The van der Waals surface area contributed by atoms with Gasteiger partial charge in [-0.1, -0.05) is 91.7 Å². The van der Waals surface area contributed by atoms with E-state index < -0.39 is 0 Å². The smallest absolute Gasteiger partial charge is 0.224 e. The van der Waals surface area contributed by atoms with Crippen molar-refractivity contribution in [1.29, 1.82) is 0 Å². The third-order valence-corrected chi connectivity index (χ3v) is 12.2. The molecule has 48 heavy (non-hydrogen) atoms. The Morgan fingerprint density at radius 2 is 0.542 bits per heavy atom. The van der Waals surface area contributed by atoms with Gasteiger partial charge in [0.2, 0.25) is 23.6 Å². The minimum absolute atomic E-state index is 0.107. The molecule has 4 N–H and O–H groups in total. The standard InChI is InChI=1S/C36H36N4O4S4/c41-33-21-9-10-22-34(42)39-27-15-3-7-19-31(27)47-48-32-20-8-4-16-28(32)40-36(44)24-12-11-23-35(43)38-26-14-2-6-18-30(26)46-45-29-17-5-1-13-25(29)37-33/h1-8,13-20H,9-12,21-24H2,(H,37,41)(H,38,43)(H,39,42)(H,40,44). The zero-order valence-corrected chi connectivity index (χ0v) is 29.4. The van der Waals surface area contributed by atoms with Gasteiger partial charge in [-0.05, 0) is 74.2 Å². The van der Waals surface area contributed by atoms with Gasteiger partial charge in [-0.2, -0.15) is 0 Å². The number of hydrogen-bond acceptors (Lipinski definition) is 8. The van der Waals surface area contributed by atoms with Gasteiger partial charge in [0, 0.05) is 45.3 Å². The second kappa shape index (κ2) is 18.6. The van der Waals surface area contributed by atoms with E-state index in [-0.39, 0.29) is 23.6 Å². The first-order chi connectivity index (χ1) is 23.4. The van der Waals surface area contributed by atoms with E-state index in [4.69, 9.17) is 0 Å². The van der Waals surface area contributed by atoms with Gasteiger partial charge in [0.1, 0.15) is 0 Å². The summed E-state index contributed by atoms with van der Waals surface area (Å²) < 4.78 is 0. The highest BCUT2D eigenvalue weighted by molar-refractivity contribution is 8.77. The molecule has 4 aromatic carbocycles. The second-order valence-corrected chi connectivity index (χ2v) is 15.4. The lowest BCUT2D eigenvalue weighted by Crippen LogP contribution is -2.14. The van der Waals surface area contributed by atoms with Crippen LogP contribution in [-0.4, -0.2) is 23.6 Å². The van der Waals surface area contributed by atoms with E-state index in [9.17, 15) is 19.2 Å². The summed E-state index contributed by atoms with van der Waals surface area (Å²) in [5.41, 5.74) is 2.86. The number of rotatable bonds is 0. The van der Waals surface area contributed by atoms with E-state index in [1.54, 1.807) is 0 Å². The molecule has 12 heteroatoms. The van der Waals surface area contributed by atoms with Crippen LogP contribution in [0.1, 0.15) is 51.4 Å². The van der Waals surface area contributed by atoms with E-state index >= 15 is 0 Å². The van der Waals surface area contributed by atoms with Crippen molar-refractivity contribution >= 4 is 89.6 Å². The van der Waals surface area contributed by atoms with Crippen LogP contribution in [0.25, 0.3) is 0 Å². The first-order valence-corrected chi connectivity index (χ1v) is 20.0. The Morgan fingerprint density at radius 1 is 0.333 bits per heavy atom. The third-order valence-electron chi connectivity index (χ3n) is 7.20. The van der Waals surface area contributed by atoms with Gasteiger partial charge in [0.15, 0.2) is 0 Å². The zero-order chi connectivity index (χ0) is 33.6. The van der Waals surface area contributed by atoms with Crippen LogP contribution >= 0.6 is 43.2 Å². The molecule has 0 radical (unpaired) electrons. The molecule has 1 aliphatic rings. The molecule has 0 atom stereocenters. The first-order valence-electron chi connectivity index (χ1n) is 15.7. The Bertz CT molecular complexity index is 1500. The summed E-state index contributed by atoms with van der Waals surface area (Å²) in [6, 6.07) is 30.4. The topological polar surface area (TPSA) is 116 Å². The fraction of sp³-hybridized carbons (Fsp3) is 0.222. The van der Waals surface area contributed by atoms with Crippen LogP contribution in [0.15, 0.2) is 117 Å². The van der Waals surface area contributed by atoms with Gasteiger partial charge < -0.3 is 21.3 Å². The summed E-state index contributed by atoms with van der Waals surface area (Å²) in [4.78, 5) is 54.9. The summed E-state index contributed by atoms with van der Waals surface area (Å²) in [6.07, 6.45) is 3.49. The molecule has 0 fully saturated rings. The Labute approximate surface area is 296 Å². The molecule has 248 valence electrons. The number of fused-ring (bicyclic) bond motifs is 4. The monoisotopic (exact) mass is 716 g/mol. The number of anilines is 4. The molecular weight excluding hydrogens is 681 g/mol. The van der Waals surface area contributed by atoms with Crippen LogP contribution in [0.3, 0.4) is 0 Å². The highest BCUT2D eigenvalue weighted by Gasteiger charge is 2.14. The van der Waals surface area contributed by atoms with Gasteiger partial charge in [-0.3, -0.25) is 19.2 Å². The van der Waals surface area contributed by atoms with Gasteiger partial charge in [-0.15, -0.1) is 0 Å². The van der Waals surface area contributed by atoms with Crippen molar-refractivity contribution in [1.82, 2.24) is 0 Å². The van der Waals surface area contributed by atoms with Crippen molar-refractivity contribution in [2.75, 3.05) is 21.3 Å². The van der Waals surface area contributed by atoms with Gasteiger partial charge in [0.25, 0.3) is 0 Å². The lowest BCUT2D eigenvalue weighted by molar-refractivity contribution is -0.118. The largest absolute Gasteiger partial charge is 0.325 e. The molecule has 8 nitrogen and oxygen atoms in total. The number of para-hydroxylation sites is 4. The summed E-state index contributed by atoms with van der Waals surface area (Å²) in [7, 11) is 6.00. The Hall–Kier alpha value is -3.84. The van der Waals surface area contributed by atoms with Crippen molar-refractivity contribution in [3.8, 4) is 0 Å². The average molecular weight is 717 g/mol. The molecule has 0 bridgehead atoms. The van der Waals surface area contributed by atoms with E-state index in [2.05, 4.69) is 21.3 Å². The molecule has 1 aliphatic heterocycles. The summed E-state index contributed by atoms with van der Waals surface area (Å²) in [6.45, 7) is 0. The molecule has 0 saturated carbocycles. The Morgan fingerprint density at radius 3 is 0.771 bits per heavy atom. The van der Waals surface area contributed by atoms with E-state index in [0.717, 1.165) is 19.6 Å². The van der Waals surface area contributed by atoms with Gasteiger partial charge in [0.05, 0.1) is 22.7 Å². The minimum atomic E-state index is -0.107. The van der Waals surface area contributed by atoms with Crippen molar-refractivity contribution in [2.45, 2.75) is 70.9 Å². The highest BCUT2D eigenvalue weighted by Crippen LogP contribution is 2.44. The molecule has 5 rings (SSSR count). The molecule has 0 unspecified atom stereocenters. The van der Waals surface area contributed by atoms with Gasteiger partial charge >= 0.3 is 0 Å². The average Bonchev–Trinajstić information content (AvgIpc) is 3.08. The number of amides is 4. The van der Waals surface area contributed by atoms with Crippen LogP contribution in [0.5, 0.6) is 0 Å². The number of benzene rings is 4. The summed E-state index contributed by atoms with van der Waals surface area (Å²) in [5, 5.41) is 12.1. The quantitative estimate of drug-likeness (QED) is 0.133. The van der Waals surface area contributed by atoms with Crippen LogP contribution in [0.2, 0.25) is 0 Å². The maximum Gasteiger partial charge on any atom is 0.224 e. The summed E-state index contributed by atoms with van der Waals surface area (Å²) in [5.74, 6) is -0.428.